The molecule has 0 spiro atoms. The van der Waals surface area contributed by atoms with Gasteiger partial charge in [0.15, 0.2) is 5.96 Å². The van der Waals surface area contributed by atoms with Crippen molar-refractivity contribution in [2.75, 3.05) is 0 Å². The second-order valence-electron chi connectivity index (χ2n) is 5.34. The number of aromatic nitrogens is 1. The van der Waals surface area contributed by atoms with E-state index in [2.05, 4.69) is 9.98 Å². The van der Waals surface area contributed by atoms with Crippen LogP contribution in [0.4, 0.5) is 8.78 Å². The van der Waals surface area contributed by atoms with E-state index < -0.39 is 11.6 Å². The minimum Gasteiger partial charge on any atom is -0.396 e. The Bertz CT molecular complexity index is 1010. The van der Waals surface area contributed by atoms with Gasteiger partial charge in [-0.1, -0.05) is 18.2 Å². The molecule has 0 amide bonds. The average molecular weight is 339 g/mol. The number of pyridine rings is 1. The monoisotopic (exact) mass is 339 g/mol. The molecule has 2 aromatic carbocycles. The van der Waals surface area contributed by atoms with Crippen molar-refractivity contribution >= 4 is 28.3 Å². The van der Waals surface area contributed by atoms with Crippen LogP contribution in [0.5, 0.6) is 0 Å². The molecule has 3 aromatic rings. The smallest absolute Gasteiger partial charge is 0.191 e. The maximum absolute atomic E-state index is 14.3. The molecule has 7 heteroatoms. The van der Waals surface area contributed by atoms with Gasteiger partial charge in [-0.15, -0.1) is 0 Å². The first-order chi connectivity index (χ1) is 12.0. The van der Waals surface area contributed by atoms with Crippen molar-refractivity contribution in [3.05, 3.63) is 77.5 Å². The fourth-order valence-electron chi connectivity index (χ4n) is 2.49. The topological polar surface area (TPSA) is 103 Å². The fraction of sp³-hybridized carbons (Fsp3) is 0. The minimum atomic E-state index is -0.528. The van der Waals surface area contributed by atoms with Crippen LogP contribution in [-0.2, 0) is 0 Å². The van der Waals surface area contributed by atoms with E-state index in [-0.39, 0.29) is 22.9 Å². The first-order valence-corrected chi connectivity index (χ1v) is 7.35. The third kappa shape index (κ3) is 3.40. The van der Waals surface area contributed by atoms with Crippen molar-refractivity contribution in [3.8, 4) is 0 Å². The Morgan fingerprint density at radius 2 is 1.72 bits per heavy atom. The zero-order valence-electron chi connectivity index (χ0n) is 13.1. The first-order valence-electron chi connectivity index (χ1n) is 7.35. The number of nitrogens with two attached hydrogens (primary N) is 3. The molecule has 0 fully saturated rings. The van der Waals surface area contributed by atoms with E-state index in [1.165, 1.54) is 30.5 Å². The SMILES string of the molecule is NC(N)=N/C(=C(\N)c1cc(F)c2ncccc2c1)c1cccc(F)c1. The number of hydrogen-bond donors (Lipinski definition) is 3. The van der Waals surface area contributed by atoms with Crippen LogP contribution >= 0.6 is 0 Å². The lowest BCUT2D eigenvalue weighted by Crippen LogP contribution is -2.23. The highest BCUT2D eigenvalue weighted by molar-refractivity contribution is 5.96. The molecule has 3 rings (SSSR count). The van der Waals surface area contributed by atoms with Gasteiger partial charge in [-0.3, -0.25) is 4.98 Å². The van der Waals surface area contributed by atoms with E-state index in [4.69, 9.17) is 17.2 Å². The molecule has 0 saturated heterocycles. The minimum absolute atomic E-state index is 0.114. The Hall–Kier alpha value is -3.48. The summed E-state index contributed by atoms with van der Waals surface area (Å²) in [6.45, 7) is 0. The van der Waals surface area contributed by atoms with Gasteiger partial charge in [0, 0.05) is 22.7 Å². The summed E-state index contributed by atoms with van der Waals surface area (Å²) in [7, 11) is 0. The standard InChI is InChI=1S/C18H15F2N5/c19-13-5-1-3-11(8-13)17(25-18(22)23)15(21)12-7-10-4-2-6-24-16(10)14(20)9-12/h1-9H,21H2,(H4,22,23,25)/b17-15-. The van der Waals surface area contributed by atoms with Crippen molar-refractivity contribution in [1.82, 2.24) is 4.98 Å². The first kappa shape index (κ1) is 16.4. The maximum atomic E-state index is 14.3. The molecule has 126 valence electrons. The lowest BCUT2D eigenvalue weighted by Gasteiger charge is -2.11. The Morgan fingerprint density at radius 1 is 0.920 bits per heavy atom. The van der Waals surface area contributed by atoms with Gasteiger partial charge < -0.3 is 17.2 Å². The summed E-state index contributed by atoms with van der Waals surface area (Å²) in [5.74, 6) is -1.24. The molecule has 5 nitrogen and oxygen atoms in total. The van der Waals surface area contributed by atoms with Gasteiger partial charge in [0.25, 0.3) is 0 Å². The van der Waals surface area contributed by atoms with Crippen LogP contribution in [0.1, 0.15) is 11.1 Å². The molecule has 0 aliphatic rings. The summed E-state index contributed by atoms with van der Waals surface area (Å²) in [5, 5.41) is 0.573. The van der Waals surface area contributed by atoms with Crippen LogP contribution in [0.15, 0.2) is 59.7 Å². The fourth-order valence-corrected chi connectivity index (χ4v) is 2.49. The van der Waals surface area contributed by atoms with Crippen LogP contribution in [0.3, 0.4) is 0 Å². The van der Waals surface area contributed by atoms with Crippen molar-refractivity contribution in [2.24, 2.45) is 22.2 Å². The van der Waals surface area contributed by atoms with E-state index in [0.29, 0.717) is 16.5 Å². The molecule has 0 bridgehead atoms. The largest absolute Gasteiger partial charge is 0.396 e. The van der Waals surface area contributed by atoms with Gasteiger partial charge in [-0.25, -0.2) is 13.8 Å². The van der Waals surface area contributed by atoms with Crippen LogP contribution in [0, 0.1) is 11.6 Å². The van der Waals surface area contributed by atoms with Crippen LogP contribution in [0.2, 0.25) is 0 Å². The van der Waals surface area contributed by atoms with Crippen molar-refractivity contribution in [1.29, 1.82) is 0 Å². The van der Waals surface area contributed by atoms with Gasteiger partial charge >= 0.3 is 0 Å². The number of guanidine groups is 1. The quantitative estimate of drug-likeness (QED) is 0.387. The van der Waals surface area contributed by atoms with Crippen LogP contribution < -0.4 is 17.2 Å². The zero-order chi connectivity index (χ0) is 18.0. The summed E-state index contributed by atoms with van der Waals surface area (Å²) >= 11 is 0. The lowest BCUT2D eigenvalue weighted by molar-refractivity contribution is 0.627. The summed E-state index contributed by atoms with van der Waals surface area (Å²) in [4.78, 5) is 7.99. The summed E-state index contributed by atoms with van der Waals surface area (Å²) < 4.78 is 27.9. The maximum Gasteiger partial charge on any atom is 0.191 e. The Kier molecular flexibility index (Phi) is 4.30. The number of nitrogens with zero attached hydrogens (tertiary/aromatic N) is 2. The third-order valence-electron chi connectivity index (χ3n) is 3.56. The van der Waals surface area contributed by atoms with Gasteiger partial charge in [0.05, 0.1) is 11.4 Å². The third-order valence-corrected chi connectivity index (χ3v) is 3.56. The number of halogens is 2. The molecule has 0 saturated carbocycles. The van der Waals surface area contributed by atoms with Crippen LogP contribution in [0.25, 0.3) is 22.3 Å². The zero-order valence-corrected chi connectivity index (χ0v) is 13.1. The van der Waals surface area contributed by atoms with E-state index in [9.17, 15) is 8.78 Å². The summed E-state index contributed by atoms with van der Waals surface area (Å²) in [6.07, 6.45) is 1.50. The van der Waals surface area contributed by atoms with E-state index in [0.717, 1.165) is 0 Å². The van der Waals surface area contributed by atoms with Gasteiger partial charge in [0.1, 0.15) is 17.2 Å². The second-order valence-corrected chi connectivity index (χ2v) is 5.34. The van der Waals surface area contributed by atoms with E-state index >= 15 is 0 Å². The molecule has 0 aliphatic carbocycles. The molecule has 0 radical (unpaired) electrons. The van der Waals surface area contributed by atoms with Crippen LogP contribution in [-0.4, -0.2) is 10.9 Å². The van der Waals surface area contributed by atoms with E-state index in [1.54, 1.807) is 24.3 Å². The van der Waals surface area contributed by atoms with E-state index in [1.807, 2.05) is 0 Å². The normalized spacial score (nSPS) is 11.9. The number of fused-ring (bicyclic) bond motifs is 1. The highest BCUT2D eigenvalue weighted by atomic mass is 19.1. The predicted molar refractivity (Wildman–Crippen MR) is 94.9 cm³/mol. The highest BCUT2D eigenvalue weighted by Crippen LogP contribution is 2.27. The Balaban J connectivity index is 2.25. The van der Waals surface area contributed by atoms with Gasteiger partial charge in [-0.05, 0) is 30.3 Å². The predicted octanol–water partition coefficient (Wildman–Crippen LogP) is 2.57. The summed E-state index contributed by atoms with van der Waals surface area (Å²) in [5.41, 5.74) is 18.3. The highest BCUT2D eigenvalue weighted by Gasteiger charge is 2.13. The number of rotatable bonds is 3. The summed E-state index contributed by atoms with van der Waals surface area (Å²) in [6, 6.07) is 12.0. The van der Waals surface area contributed by atoms with Crippen molar-refractivity contribution in [3.63, 3.8) is 0 Å². The molecular weight excluding hydrogens is 324 g/mol. The molecule has 1 aromatic heterocycles. The number of aliphatic imine (C=N–C) groups is 1. The van der Waals surface area contributed by atoms with Crippen molar-refractivity contribution in [2.45, 2.75) is 0 Å². The Labute approximate surface area is 142 Å². The molecule has 25 heavy (non-hydrogen) atoms. The lowest BCUT2D eigenvalue weighted by atomic mass is 10.0. The number of hydrogen-bond acceptors (Lipinski definition) is 3. The molecule has 0 atom stereocenters. The second kappa shape index (κ2) is 6.56. The molecule has 1 heterocycles. The average Bonchev–Trinajstić information content (AvgIpc) is 2.59. The number of benzene rings is 2. The molecular formula is C18H15F2N5. The van der Waals surface area contributed by atoms with Gasteiger partial charge in [-0.2, -0.15) is 0 Å². The molecule has 6 N–H and O–H groups in total. The van der Waals surface area contributed by atoms with Gasteiger partial charge in [0.2, 0.25) is 0 Å². The molecule has 0 unspecified atom stereocenters. The van der Waals surface area contributed by atoms with Crippen molar-refractivity contribution < 1.29 is 8.78 Å². The Morgan fingerprint density at radius 3 is 2.44 bits per heavy atom. The molecule has 0 aliphatic heterocycles.